The molecule has 122 valence electrons. The maximum absolute atomic E-state index is 12.6. The Morgan fingerprint density at radius 2 is 1.79 bits per heavy atom. The van der Waals surface area contributed by atoms with Crippen molar-refractivity contribution in [3.63, 3.8) is 0 Å². The van der Waals surface area contributed by atoms with Gasteiger partial charge in [0.1, 0.15) is 0 Å². The molecule has 0 spiro atoms. The lowest BCUT2D eigenvalue weighted by Crippen LogP contribution is -2.13. The van der Waals surface area contributed by atoms with E-state index in [9.17, 15) is 13.2 Å². The summed E-state index contributed by atoms with van der Waals surface area (Å²) in [6.07, 6.45) is 0. The summed E-state index contributed by atoms with van der Waals surface area (Å²) in [5.74, 6) is 1.07. The first-order valence-electron chi connectivity index (χ1n) is 7.07. The van der Waals surface area contributed by atoms with E-state index in [2.05, 4.69) is 9.71 Å². The number of fused-ring (bicyclic) bond motifs is 2. The van der Waals surface area contributed by atoms with E-state index in [0.29, 0.717) is 28.1 Å². The van der Waals surface area contributed by atoms with Crippen LogP contribution >= 0.6 is 0 Å². The van der Waals surface area contributed by atoms with Gasteiger partial charge in [0.25, 0.3) is 10.0 Å². The Balaban J connectivity index is 1.69. The van der Waals surface area contributed by atoms with E-state index >= 15 is 0 Å². The monoisotopic (exact) mass is 344 g/mol. The molecule has 1 aromatic heterocycles. The summed E-state index contributed by atoms with van der Waals surface area (Å²) in [6, 6.07) is 12.2. The number of sulfonamides is 1. The molecular weight excluding hydrogens is 332 g/mol. The fourth-order valence-corrected chi connectivity index (χ4v) is 3.56. The van der Waals surface area contributed by atoms with Gasteiger partial charge in [0.15, 0.2) is 11.5 Å². The molecule has 24 heavy (non-hydrogen) atoms. The number of nitrogens with one attached hydrogen (secondary N) is 2. The van der Waals surface area contributed by atoms with Crippen LogP contribution in [0.25, 0.3) is 10.9 Å². The summed E-state index contributed by atoms with van der Waals surface area (Å²) < 4.78 is 38.1. The van der Waals surface area contributed by atoms with Gasteiger partial charge in [0, 0.05) is 17.6 Å². The Bertz CT molecular complexity index is 1100. The van der Waals surface area contributed by atoms with Crippen molar-refractivity contribution >= 4 is 26.6 Å². The highest BCUT2D eigenvalue weighted by Crippen LogP contribution is 2.34. The molecule has 3 aromatic rings. The molecule has 0 amide bonds. The van der Waals surface area contributed by atoms with Crippen LogP contribution in [0, 0.1) is 0 Å². The predicted molar refractivity (Wildman–Crippen MR) is 87.9 cm³/mol. The second-order valence-electron chi connectivity index (χ2n) is 5.25. The first-order chi connectivity index (χ1) is 11.5. The van der Waals surface area contributed by atoms with E-state index in [1.807, 2.05) is 0 Å². The van der Waals surface area contributed by atoms with Crippen LogP contribution in [0.2, 0.25) is 0 Å². The third kappa shape index (κ3) is 2.56. The minimum absolute atomic E-state index is 0.0970. The van der Waals surface area contributed by atoms with Gasteiger partial charge in [0.05, 0.1) is 10.6 Å². The van der Waals surface area contributed by atoms with Crippen molar-refractivity contribution in [1.29, 1.82) is 0 Å². The van der Waals surface area contributed by atoms with Crippen molar-refractivity contribution in [1.82, 2.24) is 4.98 Å². The zero-order valence-corrected chi connectivity index (χ0v) is 13.1. The second-order valence-corrected chi connectivity index (χ2v) is 6.93. The molecule has 2 aromatic carbocycles. The van der Waals surface area contributed by atoms with Gasteiger partial charge in [-0.05, 0) is 41.8 Å². The lowest BCUT2D eigenvalue weighted by molar-refractivity contribution is 0.174. The van der Waals surface area contributed by atoms with Crippen LogP contribution in [0.1, 0.15) is 0 Å². The van der Waals surface area contributed by atoms with Crippen molar-refractivity contribution in [3.8, 4) is 11.5 Å². The smallest absolute Gasteiger partial charge is 0.261 e. The van der Waals surface area contributed by atoms with Crippen LogP contribution in [-0.4, -0.2) is 20.2 Å². The topological polar surface area (TPSA) is 97.5 Å². The van der Waals surface area contributed by atoms with Crippen LogP contribution in [0.4, 0.5) is 5.69 Å². The van der Waals surface area contributed by atoms with E-state index < -0.39 is 10.0 Å². The number of aromatic amines is 1. The Hall–Kier alpha value is -3.00. The Labute approximate surface area is 136 Å². The second kappa shape index (κ2) is 5.27. The average Bonchev–Trinajstić information content (AvgIpc) is 3.01. The summed E-state index contributed by atoms with van der Waals surface area (Å²) in [5, 5.41) is 0.628. The molecule has 0 bridgehead atoms. The molecule has 2 N–H and O–H groups in total. The molecule has 0 unspecified atom stereocenters. The highest BCUT2D eigenvalue weighted by Gasteiger charge is 2.18. The van der Waals surface area contributed by atoms with Crippen LogP contribution < -0.4 is 19.8 Å². The summed E-state index contributed by atoms with van der Waals surface area (Å²) in [4.78, 5) is 14.0. The molecule has 1 aliphatic rings. The van der Waals surface area contributed by atoms with Gasteiger partial charge in [-0.15, -0.1) is 0 Å². The highest BCUT2D eigenvalue weighted by molar-refractivity contribution is 7.92. The maximum Gasteiger partial charge on any atom is 0.261 e. The quantitative estimate of drug-likeness (QED) is 0.758. The van der Waals surface area contributed by atoms with Gasteiger partial charge in [0.2, 0.25) is 12.4 Å². The van der Waals surface area contributed by atoms with Crippen LogP contribution in [0.15, 0.2) is 58.2 Å². The minimum Gasteiger partial charge on any atom is -0.454 e. The minimum atomic E-state index is -3.77. The molecule has 0 saturated heterocycles. The van der Waals surface area contributed by atoms with Gasteiger partial charge in [-0.2, -0.15) is 0 Å². The number of H-pyrrole nitrogens is 1. The molecule has 7 nitrogen and oxygen atoms in total. The largest absolute Gasteiger partial charge is 0.454 e. The number of anilines is 1. The zero-order valence-electron chi connectivity index (χ0n) is 12.3. The van der Waals surface area contributed by atoms with E-state index in [1.165, 1.54) is 18.2 Å². The number of aromatic nitrogens is 1. The lowest BCUT2D eigenvalue weighted by Gasteiger charge is -2.09. The fourth-order valence-electron chi connectivity index (χ4n) is 2.47. The Kier molecular flexibility index (Phi) is 3.20. The van der Waals surface area contributed by atoms with Crippen LogP contribution in [-0.2, 0) is 10.0 Å². The molecule has 0 atom stereocenters. The van der Waals surface area contributed by atoms with Crippen molar-refractivity contribution in [2.45, 2.75) is 4.90 Å². The normalized spacial score (nSPS) is 13.2. The average molecular weight is 344 g/mol. The maximum atomic E-state index is 12.6. The van der Waals surface area contributed by atoms with Gasteiger partial charge >= 0.3 is 0 Å². The molecule has 0 saturated carbocycles. The van der Waals surface area contributed by atoms with Crippen LogP contribution in [0.3, 0.4) is 0 Å². The van der Waals surface area contributed by atoms with Gasteiger partial charge in [-0.3, -0.25) is 9.52 Å². The third-order valence-electron chi connectivity index (χ3n) is 3.63. The molecular formula is C16H12N2O5S. The lowest BCUT2D eigenvalue weighted by atomic mass is 10.2. The first-order valence-corrected chi connectivity index (χ1v) is 8.55. The first kappa shape index (κ1) is 14.6. The van der Waals surface area contributed by atoms with E-state index in [1.54, 1.807) is 30.3 Å². The molecule has 0 aliphatic carbocycles. The number of rotatable bonds is 3. The van der Waals surface area contributed by atoms with E-state index in [4.69, 9.17) is 9.47 Å². The zero-order chi connectivity index (χ0) is 16.7. The number of hydrogen-bond acceptors (Lipinski definition) is 5. The van der Waals surface area contributed by atoms with Crippen molar-refractivity contribution in [3.05, 3.63) is 58.9 Å². The predicted octanol–water partition coefficient (Wildman–Crippen LogP) is 2.06. The number of ether oxygens (including phenoxy) is 2. The van der Waals surface area contributed by atoms with E-state index in [0.717, 1.165) is 0 Å². The fraction of sp³-hybridized carbons (Fsp3) is 0.0625. The van der Waals surface area contributed by atoms with Crippen molar-refractivity contribution in [2.24, 2.45) is 0 Å². The van der Waals surface area contributed by atoms with Crippen molar-refractivity contribution in [2.75, 3.05) is 11.5 Å². The number of hydrogen-bond donors (Lipinski definition) is 2. The molecule has 8 heteroatoms. The third-order valence-corrected chi connectivity index (χ3v) is 5.01. The molecule has 0 fully saturated rings. The van der Waals surface area contributed by atoms with Gasteiger partial charge in [-0.25, -0.2) is 8.42 Å². The Morgan fingerprint density at radius 1 is 0.958 bits per heavy atom. The number of benzene rings is 2. The highest BCUT2D eigenvalue weighted by atomic mass is 32.2. The SMILES string of the molecule is O=c1ccc2cc(S(=O)(=O)Nc3ccc4c(c3)OCO4)ccc2[nH]1. The Morgan fingerprint density at radius 3 is 2.67 bits per heavy atom. The summed E-state index contributed by atoms with van der Waals surface area (Å²) >= 11 is 0. The van der Waals surface area contributed by atoms with E-state index in [-0.39, 0.29) is 17.2 Å². The standard InChI is InChI=1S/C16H12N2O5S/c19-16-6-1-10-7-12(3-4-13(10)17-16)24(20,21)18-11-2-5-14-15(8-11)23-9-22-14/h1-8,18H,9H2,(H,17,19). The molecule has 4 rings (SSSR count). The molecule has 2 heterocycles. The summed E-state index contributed by atoms with van der Waals surface area (Å²) in [6.45, 7) is 0.119. The summed E-state index contributed by atoms with van der Waals surface area (Å²) in [7, 11) is -3.77. The molecule has 0 radical (unpaired) electrons. The number of pyridine rings is 1. The van der Waals surface area contributed by atoms with Crippen LogP contribution in [0.5, 0.6) is 11.5 Å². The molecule has 1 aliphatic heterocycles. The van der Waals surface area contributed by atoms with Crippen molar-refractivity contribution < 1.29 is 17.9 Å². The summed E-state index contributed by atoms with van der Waals surface area (Å²) in [5.41, 5.74) is 0.710. The van der Waals surface area contributed by atoms with Gasteiger partial charge < -0.3 is 14.5 Å². The van der Waals surface area contributed by atoms with Gasteiger partial charge in [-0.1, -0.05) is 0 Å².